The topological polar surface area (TPSA) is 66.6 Å². The lowest BCUT2D eigenvalue weighted by atomic mass is 10.0. The van der Waals surface area contributed by atoms with Gasteiger partial charge in [0.15, 0.2) is 0 Å². The molecular weight excluding hydrogens is 216 g/mol. The zero-order valence-corrected chi connectivity index (χ0v) is 10.8. The molecule has 0 aliphatic carbocycles. The van der Waals surface area contributed by atoms with Crippen molar-refractivity contribution in [3.05, 3.63) is 23.8 Å². The average molecular weight is 236 g/mol. The van der Waals surface area contributed by atoms with E-state index in [1.54, 1.807) is 18.2 Å². The van der Waals surface area contributed by atoms with Crippen molar-refractivity contribution in [2.45, 2.75) is 26.8 Å². The largest absolute Gasteiger partial charge is 0.478 e. The van der Waals surface area contributed by atoms with E-state index in [0.717, 1.165) is 0 Å². The molecule has 17 heavy (non-hydrogen) atoms. The summed E-state index contributed by atoms with van der Waals surface area (Å²) in [6.45, 7) is 6.28. The van der Waals surface area contributed by atoms with Crippen LogP contribution in [-0.2, 0) is 0 Å². The zero-order chi connectivity index (χ0) is 13.2. The van der Waals surface area contributed by atoms with Crippen LogP contribution in [0.15, 0.2) is 18.2 Å². The molecule has 1 aromatic carbocycles. The molecule has 0 aliphatic heterocycles. The van der Waals surface area contributed by atoms with E-state index in [-0.39, 0.29) is 11.6 Å². The van der Waals surface area contributed by atoms with Crippen LogP contribution in [0.5, 0.6) is 0 Å². The minimum absolute atomic E-state index is 0.245. The van der Waals surface area contributed by atoms with Gasteiger partial charge in [-0.2, -0.15) is 0 Å². The van der Waals surface area contributed by atoms with Gasteiger partial charge in [0.05, 0.1) is 11.3 Å². The highest BCUT2D eigenvalue weighted by Crippen LogP contribution is 2.26. The Morgan fingerprint density at radius 2 is 1.94 bits per heavy atom. The van der Waals surface area contributed by atoms with Gasteiger partial charge >= 0.3 is 5.97 Å². The third-order valence-corrected chi connectivity index (χ3v) is 3.21. The number of anilines is 2. The highest BCUT2D eigenvalue weighted by Gasteiger charge is 2.19. The number of nitrogens with two attached hydrogens (primary N) is 1. The lowest BCUT2D eigenvalue weighted by molar-refractivity contribution is 0.0697. The van der Waals surface area contributed by atoms with E-state index in [2.05, 4.69) is 20.8 Å². The first-order valence-electron chi connectivity index (χ1n) is 5.70. The van der Waals surface area contributed by atoms with Crippen molar-refractivity contribution in [1.82, 2.24) is 0 Å². The number of hydrogen-bond acceptors (Lipinski definition) is 3. The number of carboxylic acids is 1. The Balaban J connectivity index is 3.19. The Morgan fingerprint density at radius 1 is 1.35 bits per heavy atom. The van der Waals surface area contributed by atoms with E-state index >= 15 is 0 Å². The molecule has 1 rings (SSSR count). The monoisotopic (exact) mass is 236 g/mol. The minimum Gasteiger partial charge on any atom is -0.478 e. The summed E-state index contributed by atoms with van der Waals surface area (Å²) in [4.78, 5) is 13.1. The molecule has 0 heterocycles. The summed E-state index contributed by atoms with van der Waals surface area (Å²) in [7, 11) is 1.89. The predicted molar refractivity (Wildman–Crippen MR) is 70.5 cm³/mol. The number of benzene rings is 1. The summed E-state index contributed by atoms with van der Waals surface area (Å²) in [5, 5.41) is 9.16. The standard InChI is InChI=1S/C13H20N2O2/c1-8(2)9(3)15(4)12-7-10(14)5-6-11(12)13(16)17/h5-9H,14H2,1-4H3,(H,16,17). The third-order valence-electron chi connectivity index (χ3n) is 3.21. The molecule has 4 heteroatoms. The highest BCUT2D eigenvalue weighted by atomic mass is 16.4. The van der Waals surface area contributed by atoms with Crippen molar-refractivity contribution in [1.29, 1.82) is 0 Å². The maximum Gasteiger partial charge on any atom is 0.337 e. The van der Waals surface area contributed by atoms with E-state index in [1.165, 1.54) is 0 Å². The quantitative estimate of drug-likeness (QED) is 0.788. The van der Waals surface area contributed by atoms with Crippen molar-refractivity contribution in [2.75, 3.05) is 17.7 Å². The normalized spacial score (nSPS) is 12.5. The second-order valence-electron chi connectivity index (χ2n) is 4.68. The van der Waals surface area contributed by atoms with Gasteiger partial charge in [0, 0.05) is 18.8 Å². The molecule has 0 aromatic heterocycles. The third kappa shape index (κ3) is 2.90. The first kappa shape index (κ1) is 13.4. The lowest BCUT2D eigenvalue weighted by Crippen LogP contribution is -2.34. The van der Waals surface area contributed by atoms with E-state index in [0.29, 0.717) is 17.3 Å². The van der Waals surface area contributed by atoms with Crippen molar-refractivity contribution in [3.63, 3.8) is 0 Å². The fraction of sp³-hybridized carbons (Fsp3) is 0.462. The molecule has 0 saturated heterocycles. The second kappa shape index (κ2) is 5.08. The molecule has 0 amide bonds. The SMILES string of the molecule is CC(C)C(C)N(C)c1cc(N)ccc1C(=O)O. The predicted octanol–water partition coefficient (Wildman–Crippen LogP) is 2.45. The smallest absolute Gasteiger partial charge is 0.337 e. The Bertz CT molecular complexity index is 416. The summed E-state index contributed by atoms with van der Waals surface area (Å²) in [6.07, 6.45) is 0. The van der Waals surface area contributed by atoms with Gasteiger partial charge in [0.1, 0.15) is 0 Å². The number of hydrogen-bond donors (Lipinski definition) is 2. The number of carboxylic acid groups (broad SMARTS) is 1. The van der Waals surface area contributed by atoms with Crippen LogP contribution < -0.4 is 10.6 Å². The van der Waals surface area contributed by atoms with E-state index in [9.17, 15) is 4.79 Å². The first-order valence-corrected chi connectivity index (χ1v) is 5.70. The van der Waals surface area contributed by atoms with Crippen LogP contribution in [-0.4, -0.2) is 24.2 Å². The average Bonchev–Trinajstić information content (AvgIpc) is 2.26. The van der Waals surface area contributed by atoms with Crippen LogP contribution in [0.25, 0.3) is 0 Å². The maximum atomic E-state index is 11.2. The van der Waals surface area contributed by atoms with Crippen LogP contribution in [0.1, 0.15) is 31.1 Å². The van der Waals surface area contributed by atoms with Crippen LogP contribution in [0.4, 0.5) is 11.4 Å². The molecule has 0 radical (unpaired) electrons. The summed E-state index contributed by atoms with van der Waals surface area (Å²) in [6, 6.07) is 5.12. The number of aromatic carboxylic acids is 1. The molecule has 94 valence electrons. The number of nitrogen functional groups attached to an aromatic ring is 1. The molecular formula is C13H20N2O2. The van der Waals surface area contributed by atoms with Gasteiger partial charge in [0.25, 0.3) is 0 Å². The van der Waals surface area contributed by atoms with Crippen LogP contribution in [0.2, 0.25) is 0 Å². The van der Waals surface area contributed by atoms with E-state index in [1.807, 2.05) is 11.9 Å². The minimum atomic E-state index is -0.928. The summed E-state index contributed by atoms with van der Waals surface area (Å²) in [5.74, 6) is -0.495. The molecule has 3 N–H and O–H groups in total. The fourth-order valence-corrected chi connectivity index (χ4v) is 1.69. The lowest BCUT2D eigenvalue weighted by Gasteiger charge is -2.31. The molecule has 0 fully saturated rings. The number of nitrogens with zero attached hydrogens (tertiary/aromatic N) is 1. The molecule has 1 unspecified atom stereocenters. The summed E-state index contributed by atoms with van der Waals surface area (Å²) >= 11 is 0. The van der Waals surface area contributed by atoms with Gasteiger partial charge in [-0.25, -0.2) is 4.79 Å². The van der Waals surface area contributed by atoms with Crippen LogP contribution in [0.3, 0.4) is 0 Å². The molecule has 0 spiro atoms. The van der Waals surface area contributed by atoms with Crippen LogP contribution in [0, 0.1) is 5.92 Å². The van der Waals surface area contributed by atoms with Gasteiger partial charge < -0.3 is 15.7 Å². The Morgan fingerprint density at radius 3 is 2.41 bits per heavy atom. The van der Waals surface area contributed by atoms with Crippen LogP contribution >= 0.6 is 0 Å². The van der Waals surface area contributed by atoms with Crippen molar-refractivity contribution < 1.29 is 9.90 Å². The number of rotatable bonds is 4. The zero-order valence-electron chi connectivity index (χ0n) is 10.8. The summed E-state index contributed by atoms with van der Waals surface area (Å²) < 4.78 is 0. The Hall–Kier alpha value is -1.71. The van der Waals surface area contributed by atoms with Crippen molar-refractivity contribution in [3.8, 4) is 0 Å². The van der Waals surface area contributed by atoms with Gasteiger partial charge in [-0.1, -0.05) is 13.8 Å². The van der Waals surface area contributed by atoms with Gasteiger partial charge in [0.2, 0.25) is 0 Å². The van der Waals surface area contributed by atoms with Crippen molar-refractivity contribution >= 4 is 17.3 Å². The van der Waals surface area contributed by atoms with E-state index in [4.69, 9.17) is 10.8 Å². The number of carbonyl (C=O) groups is 1. The van der Waals surface area contributed by atoms with Gasteiger partial charge in [-0.3, -0.25) is 0 Å². The second-order valence-corrected chi connectivity index (χ2v) is 4.68. The molecule has 1 atom stereocenters. The Kier molecular flexibility index (Phi) is 3.99. The van der Waals surface area contributed by atoms with Gasteiger partial charge in [-0.05, 0) is 31.0 Å². The summed E-state index contributed by atoms with van der Waals surface area (Å²) in [5.41, 5.74) is 7.25. The Labute approximate surface area is 102 Å². The molecule has 0 bridgehead atoms. The first-order chi connectivity index (χ1) is 7.84. The molecule has 4 nitrogen and oxygen atoms in total. The van der Waals surface area contributed by atoms with E-state index < -0.39 is 5.97 Å². The molecule has 0 aliphatic rings. The highest BCUT2D eigenvalue weighted by molar-refractivity contribution is 5.95. The molecule has 0 saturated carbocycles. The van der Waals surface area contributed by atoms with Crippen molar-refractivity contribution in [2.24, 2.45) is 5.92 Å². The maximum absolute atomic E-state index is 11.2. The van der Waals surface area contributed by atoms with Gasteiger partial charge in [-0.15, -0.1) is 0 Å². The molecule has 1 aromatic rings. The fourth-order valence-electron chi connectivity index (χ4n) is 1.69.